The van der Waals surface area contributed by atoms with Crippen LogP contribution < -0.4 is 15.4 Å². The quantitative estimate of drug-likeness (QED) is 0.661. The van der Waals surface area contributed by atoms with E-state index >= 15 is 0 Å². The Labute approximate surface area is 150 Å². The number of halogens is 1. The lowest BCUT2D eigenvalue weighted by atomic mass is 10.2. The van der Waals surface area contributed by atoms with Gasteiger partial charge in [-0.2, -0.15) is 0 Å². The van der Waals surface area contributed by atoms with E-state index in [1.54, 1.807) is 7.11 Å². The summed E-state index contributed by atoms with van der Waals surface area (Å²) < 4.78 is 11.3. The maximum absolute atomic E-state index is 11.6. The molecule has 2 aromatic rings. The van der Waals surface area contributed by atoms with E-state index in [-0.39, 0.29) is 6.61 Å². The number of carbonyl (C=O) groups is 1. The number of nitrogens with one attached hydrogen (secondary N) is 2. The zero-order chi connectivity index (χ0) is 17.2. The van der Waals surface area contributed by atoms with Crippen molar-refractivity contribution in [2.75, 3.05) is 25.5 Å². The number of rotatable bonds is 8. The van der Waals surface area contributed by atoms with Crippen LogP contribution in [-0.4, -0.2) is 26.3 Å². The molecule has 128 valence electrons. The molecule has 24 heavy (non-hydrogen) atoms. The molecule has 0 unspecified atom stereocenters. The van der Waals surface area contributed by atoms with Crippen LogP contribution in [0.15, 0.2) is 53.0 Å². The Balaban J connectivity index is 1.60. The van der Waals surface area contributed by atoms with E-state index in [1.807, 2.05) is 48.5 Å². The van der Waals surface area contributed by atoms with Crippen molar-refractivity contribution in [1.29, 1.82) is 0 Å². The Bertz CT molecular complexity index is 650. The molecule has 0 bridgehead atoms. The SMILES string of the molecule is COc1cc(NCCCNC(=O)OCc2ccccc2)ccc1Br. The molecule has 0 spiro atoms. The molecule has 2 rings (SSSR count). The minimum Gasteiger partial charge on any atom is -0.495 e. The molecular formula is C18H21BrN2O3. The highest BCUT2D eigenvalue weighted by Gasteiger charge is 2.03. The average Bonchev–Trinajstić information content (AvgIpc) is 2.62. The zero-order valence-corrected chi connectivity index (χ0v) is 15.1. The summed E-state index contributed by atoms with van der Waals surface area (Å²) in [5, 5.41) is 6.02. The fourth-order valence-electron chi connectivity index (χ4n) is 2.06. The zero-order valence-electron chi connectivity index (χ0n) is 13.5. The van der Waals surface area contributed by atoms with Gasteiger partial charge in [-0.15, -0.1) is 0 Å². The van der Waals surface area contributed by atoms with E-state index in [9.17, 15) is 4.79 Å². The van der Waals surface area contributed by atoms with Crippen LogP contribution in [0.5, 0.6) is 5.75 Å². The monoisotopic (exact) mass is 392 g/mol. The molecule has 0 aromatic heterocycles. The largest absolute Gasteiger partial charge is 0.495 e. The normalized spacial score (nSPS) is 10.1. The first-order chi connectivity index (χ1) is 11.7. The second kappa shape index (κ2) is 9.82. The molecule has 0 atom stereocenters. The van der Waals surface area contributed by atoms with Gasteiger partial charge in [-0.25, -0.2) is 4.79 Å². The van der Waals surface area contributed by atoms with Gasteiger partial charge in [-0.05, 0) is 40.0 Å². The number of anilines is 1. The smallest absolute Gasteiger partial charge is 0.407 e. The lowest BCUT2D eigenvalue weighted by Crippen LogP contribution is -2.26. The molecule has 0 fully saturated rings. The van der Waals surface area contributed by atoms with Gasteiger partial charge in [-0.3, -0.25) is 0 Å². The van der Waals surface area contributed by atoms with Gasteiger partial charge in [0.15, 0.2) is 0 Å². The van der Waals surface area contributed by atoms with Crippen molar-refractivity contribution < 1.29 is 14.3 Å². The van der Waals surface area contributed by atoms with Gasteiger partial charge in [0.1, 0.15) is 12.4 Å². The average molecular weight is 393 g/mol. The van der Waals surface area contributed by atoms with Crippen molar-refractivity contribution in [2.45, 2.75) is 13.0 Å². The molecular weight excluding hydrogens is 372 g/mol. The summed E-state index contributed by atoms with van der Waals surface area (Å²) in [6, 6.07) is 15.4. The summed E-state index contributed by atoms with van der Waals surface area (Å²) in [6.45, 7) is 1.57. The highest BCUT2D eigenvalue weighted by molar-refractivity contribution is 9.10. The molecule has 0 aliphatic rings. The molecule has 0 radical (unpaired) electrons. The van der Waals surface area contributed by atoms with E-state index in [0.29, 0.717) is 6.54 Å². The second-order valence-corrected chi connectivity index (χ2v) is 5.97. The summed E-state index contributed by atoms with van der Waals surface area (Å²) in [5.74, 6) is 0.780. The van der Waals surface area contributed by atoms with Crippen molar-refractivity contribution in [3.05, 3.63) is 58.6 Å². The lowest BCUT2D eigenvalue weighted by molar-refractivity contribution is 0.139. The Morgan fingerprint density at radius 3 is 2.67 bits per heavy atom. The molecule has 2 N–H and O–H groups in total. The van der Waals surface area contributed by atoms with Gasteiger partial charge in [-0.1, -0.05) is 30.3 Å². The third-order valence-corrected chi connectivity index (χ3v) is 3.97. The van der Waals surface area contributed by atoms with E-state index < -0.39 is 6.09 Å². The van der Waals surface area contributed by atoms with Crippen molar-refractivity contribution in [1.82, 2.24) is 5.32 Å². The Kier molecular flexibility index (Phi) is 7.42. The molecule has 6 heteroatoms. The molecule has 0 saturated carbocycles. The van der Waals surface area contributed by atoms with Crippen LogP contribution in [0.2, 0.25) is 0 Å². The molecule has 2 aromatic carbocycles. The van der Waals surface area contributed by atoms with E-state index in [0.717, 1.165) is 34.4 Å². The first-order valence-electron chi connectivity index (χ1n) is 7.71. The third-order valence-electron chi connectivity index (χ3n) is 3.32. The predicted octanol–water partition coefficient (Wildman–Crippen LogP) is 4.19. The van der Waals surface area contributed by atoms with Gasteiger partial charge < -0.3 is 20.1 Å². The van der Waals surface area contributed by atoms with Gasteiger partial charge in [0.25, 0.3) is 0 Å². The number of amides is 1. The molecule has 0 aliphatic heterocycles. The Hall–Kier alpha value is -2.21. The fourth-order valence-corrected chi connectivity index (χ4v) is 2.46. The summed E-state index contributed by atoms with van der Waals surface area (Å²) in [6.07, 6.45) is 0.392. The highest BCUT2D eigenvalue weighted by Crippen LogP contribution is 2.27. The first kappa shape index (κ1) is 18.1. The standard InChI is InChI=1S/C18H21BrN2O3/c1-23-17-12-15(8-9-16(17)19)20-10-5-11-21-18(22)24-13-14-6-3-2-4-7-14/h2-4,6-9,12,20H,5,10-11,13H2,1H3,(H,21,22). The number of benzene rings is 2. The number of alkyl carbamates (subject to hydrolysis) is 1. The van der Waals surface area contributed by atoms with Crippen LogP contribution in [-0.2, 0) is 11.3 Å². The van der Waals surface area contributed by atoms with Crippen LogP contribution in [0.4, 0.5) is 10.5 Å². The van der Waals surface area contributed by atoms with Crippen molar-refractivity contribution in [3.8, 4) is 5.75 Å². The Morgan fingerprint density at radius 1 is 1.12 bits per heavy atom. The van der Waals surface area contributed by atoms with Crippen LogP contribution >= 0.6 is 15.9 Å². The molecule has 5 nitrogen and oxygen atoms in total. The van der Waals surface area contributed by atoms with Crippen molar-refractivity contribution in [3.63, 3.8) is 0 Å². The number of carbonyl (C=O) groups excluding carboxylic acids is 1. The van der Waals surface area contributed by atoms with Crippen LogP contribution in [0, 0.1) is 0 Å². The minimum absolute atomic E-state index is 0.281. The summed E-state index contributed by atoms with van der Waals surface area (Å²) >= 11 is 3.42. The predicted molar refractivity (Wildman–Crippen MR) is 98.4 cm³/mol. The number of methoxy groups -OCH3 is 1. The summed E-state index contributed by atoms with van der Waals surface area (Å²) in [7, 11) is 1.63. The maximum Gasteiger partial charge on any atom is 0.407 e. The second-order valence-electron chi connectivity index (χ2n) is 5.12. The molecule has 0 saturated heterocycles. The molecule has 0 heterocycles. The van der Waals surface area contributed by atoms with Gasteiger partial charge >= 0.3 is 6.09 Å². The van der Waals surface area contributed by atoms with Crippen LogP contribution in [0.25, 0.3) is 0 Å². The fraction of sp³-hybridized carbons (Fsp3) is 0.278. The molecule has 1 amide bonds. The topological polar surface area (TPSA) is 59.6 Å². The van der Waals surface area contributed by atoms with E-state index in [4.69, 9.17) is 9.47 Å². The lowest BCUT2D eigenvalue weighted by Gasteiger charge is -2.10. The number of hydrogen-bond donors (Lipinski definition) is 2. The maximum atomic E-state index is 11.6. The van der Waals surface area contributed by atoms with Crippen LogP contribution in [0.1, 0.15) is 12.0 Å². The van der Waals surface area contributed by atoms with Crippen molar-refractivity contribution in [2.24, 2.45) is 0 Å². The van der Waals surface area contributed by atoms with Gasteiger partial charge in [0.2, 0.25) is 0 Å². The number of hydrogen-bond acceptors (Lipinski definition) is 4. The van der Waals surface area contributed by atoms with Crippen LogP contribution in [0.3, 0.4) is 0 Å². The third kappa shape index (κ3) is 6.12. The van der Waals surface area contributed by atoms with Gasteiger partial charge in [0, 0.05) is 24.8 Å². The van der Waals surface area contributed by atoms with Crippen molar-refractivity contribution >= 4 is 27.7 Å². The molecule has 0 aliphatic carbocycles. The summed E-state index contributed by atoms with van der Waals surface area (Å²) in [5.41, 5.74) is 1.94. The Morgan fingerprint density at radius 2 is 1.92 bits per heavy atom. The highest BCUT2D eigenvalue weighted by atomic mass is 79.9. The first-order valence-corrected chi connectivity index (χ1v) is 8.50. The minimum atomic E-state index is -0.399. The van der Waals surface area contributed by atoms with Gasteiger partial charge in [0.05, 0.1) is 11.6 Å². The van der Waals surface area contributed by atoms with E-state index in [2.05, 4.69) is 26.6 Å². The number of ether oxygens (including phenoxy) is 2. The van der Waals surface area contributed by atoms with E-state index in [1.165, 1.54) is 0 Å². The summed E-state index contributed by atoms with van der Waals surface area (Å²) in [4.78, 5) is 11.6.